The Labute approximate surface area is 186 Å². The van der Waals surface area contributed by atoms with Gasteiger partial charge in [0, 0.05) is 32.2 Å². The fourth-order valence-electron chi connectivity index (χ4n) is 3.77. The highest BCUT2D eigenvalue weighted by atomic mass is 19.1. The molecular weight excluding hydrogens is 409 g/mol. The van der Waals surface area contributed by atoms with E-state index in [-0.39, 0.29) is 6.54 Å². The summed E-state index contributed by atoms with van der Waals surface area (Å²) in [6.07, 6.45) is 0.267. The largest absolute Gasteiger partial charge is 0.455 e. The third kappa shape index (κ3) is 5.84. The van der Waals surface area contributed by atoms with Crippen LogP contribution >= 0.6 is 0 Å². The molecule has 2 amide bonds. The molecule has 6 nitrogen and oxygen atoms in total. The number of ether oxygens (including phenoxy) is 1. The van der Waals surface area contributed by atoms with Crippen LogP contribution in [0.15, 0.2) is 72.8 Å². The predicted molar refractivity (Wildman–Crippen MR) is 121 cm³/mol. The lowest BCUT2D eigenvalue weighted by Gasteiger charge is -2.30. The highest BCUT2D eigenvalue weighted by Crippen LogP contribution is 2.29. The summed E-state index contributed by atoms with van der Waals surface area (Å²) in [5.41, 5.74) is 3.08. The lowest BCUT2D eigenvalue weighted by atomic mass is 10.00. The molecule has 0 bridgehead atoms. The lowest BCUT2D eigenvalue weighted by Crippen LogP contribution is -2.43. The molecule has 1 aliphatic rings. The van der Waals surface area contributed by atoms with Crippen LogP contribution in [0, 0.1) is 5.82 Å². The monoisotopic (exact) mass is 435 g/mol. The molecule has 3 aromatic carbocycles. The Hall–Kier alpha value is -3.42. The highest BCUT2D eigenvalue weighted by Gasteiger charge is 2.19. The number of nitrogens with one attached hydrogen (secondary N) is 2. The first kappa shape index (κ1) is 21.8. The Bertz CT molecular complexity index is 1080. The van der Waals surface area contributed by atoms with E-state index in [1.165, 1.54) is 23.3 Å². The van der Waals surface area contributed by atoms with Crippen molar-refractivity contribution in [2.24, 2.45) is 0 Å². The molecule has 3 N–H and O–H groups in total. The van der Waals surface area contributed by atoms with E-state index in [0.29, 0.717) is 23.7 Å². The minimum atomic E-state index is -0.690. The molecule has 7 heteroatoms. The summed E-state index contributed by atoms with van der Waals surface area (Å²) < 4.78 is 19.1. The molecule has 1 heterocycles. The lowest BCUT2D eigenvalue weighted by molar-refractivity contribution is 0.106. The maximum atomic E-state index is 13.4. The van der Waals surface area contributed by atoms with Crippen LogP contribution in [0.5, 0.6) is 11.5 Å². The van der Waals surface area contributed by atoms with Crippen molar-refractivity contribution in [3.8, 4) is 11.5 Å². The molecule has 1 unspecified atom stereocenters. The Morgan fingerprint density at radius 3 is 2.69 bits per heavy atom. The van der Waals surface area contributed by atoms with E-state index in [1.54, 1.807) is 36.4 Å². The van der Waals surface area contributed by atoms with E-state index in [1.807, 2.05) is 12.1 Å². The summed E-state index contributed by atoms with van der Waals surface area (Å²) in [5, 5.41) is 15.8. The number of para-hydroxylation sites is 2. The molecule has 0 aliphatic carbocycles. The molecule has 1 aliphatic heterocycles. The second-order valence-electron chi connectivity index (χ2n) is 7.80. The number of nitrogens with zero attached hydrogens (tertiary/aromatic N) is 1. The number of fused-ring (bicyclic) bond motifs is 1. The summed E-state index contributed by atoms with van der Waals surface area (Å²) in [6.45, 7) is 2.28. The molecule has 0 saturated heterocycles. The van der Waals surface area contributed by atoms with Crippen molar-refractivity contribution in [1.29, 1.82) is 0 Å². The van der Waals surface area contributed by atoms with Crippen molar-refractivity contribution in [3.63, 3.8) is 0 Å². The van der Waals surface area contributed by atoms with Crippen molar-refractivity contribution >= 4 is 11.7 Å². The van der Waals surface area contributed by atoms with Crippen LogP contribution in [0.3, 0.4) is 0 Å². The second kappa shape index (κ2) is 10.3. The molecule has 0 saturated carbocycles. The number of hydrogen-bond donors (Lipinski definition) is 3. The first-order valence-corrected chi connectivity index (χ1v) is 10.6. The fraction of sp³-hybridized carbons (Fsp3) is 0.240. The van der Waals surface area contributed by atoms with Crippen LogP contribution in [0.25, 0.3) is 0 Å². The molecular formula is C25H26FN3O3. The first-order chi connectivity index (χ1) is 15.6. The maximum absolute atomic E-state index is 13.4. The van der Waals surface area contributed by atoms with Crippen LogP contribution < -0.4 is 15.4 Å². The van der Waals surface area contributed by atoms with Gasteiger partial charge in [-0.3, -0.25) is 4.90 Å². The van der Waals surface area contributed by atoms with Crippen molar-refractivity contribution in [3.05, 3.63) is 89.7 Å². The Morgan fingerprint density at radius 2 is 1.84 bits per heavy atom. The predicted octanol–water partition coefficient (Wildman–Crippen LogP) is 4.16. The van der Waals surface area contributed by atoms with Crippen LogP contribution in [0.4, 0.5) is 14.9 Å². The van der Waals surface area contributed by atoms with Crippen molar-refractivity contribution in [1.82, 2.24) is 10.2 Å². The van der Waals surface area contributed by atoms with Crippen LogP contribution in [-0.4, -0.2) is 41.8 Å². The van der Waals surface area contributed by atoms with Gasteiger partial charge in [0.2, 0.25) is 0 Å². The SMILES string of the molecule is O=C(NCC(O)CN1CCc2ccccc2C1)Nc1ccccc1Oc1cccc(F)c1. The summed E-state index contributed by atoms with van der Waals surface area (Å²) in [7, 11) is 0. The third-order valence-electron chi connectivity index (χ3n) is 5.34. The van der Waals surface area contributed by atoms with Crippen LogP contribution in [0.1, 0.15) is 11.1 Å². The van der Waals surface area contributed by atoms with E-state index < -0.39 is 18.0 Å². The number of halogens is 1. The molecule has 3 aromatic rings. The van der Waals surface area contributed by atoms with Crippen molar-refractivity contribution < 1.29 is 19.0 Å². The minimum Gasteiger partial charge on any atom is -0.455 e. The van der Waals surface area contributed by atoms with Gasteiger partial charge in [-0.15, -0.1) is 0 Å². The van der Waals surface area contributed by atoms with Gasteiger partial charge in [-0.2, -0.15) is 0 Å². The molecule has 1 atom stereocenters. The van der Waals surface area contributed by atoms with E-state index >= 15 is 0 Å². The van der Waals surface area contributed by atoms with E-state index in [2.05, 4.69) is 27.7 Å². The number of carbonyl (C=O) groups excluding carboxylic acids is 1. The van der Waals surface area contributed by atoms with Crippen LogP contribution in [0.2, 0.25) is 0 Å². The van der Waals surface area contributed by atoms with Gasteiger partial charge in [-0.05, 0) is 41.8 Å². The number of aliphatic hydroxyl groups excluding tert-OH is 1. The standard InChI is InChI=1S/C25H26FN3O3/c26-20-8-5-9-22(14-20)32-24-11-4-3-10-23(24)28-25(31)27-15-21(30)17-29-13-12-18-6-1-2-7-19(18)16-29/h1-11,14,21,30H,12-13,15-17H2,(H2,27,28,31). The second-order valence-corrected chi connectivity index (χ2v) is 7.80. The summed E-state index contributed by atoms with van der Waals surface area (Å²) >= 11 is 0. The zero-order valence-electron chi connectivity index (χ0n) is 17.6. The number of β-amino-alcohol motifs (C(OH)–C–C–N with tert-alkyl or cyclic N) is 1. The van der Waals surface area contributed by atoms with Gasteiger partial charge in [-0.1, -0.05) is 42.5 Å². The third-order valence-corrected chi connectivity index (χ3v) is 5.34. The van der Waals surface area contributed by atoms with Gasteiger partial charge in [-0.25, -0.2) is 9.18 Å². The average Bonchev–Trinajstić information content (AvgIpc) is 2.79. The van der Waals surface area contributed by atoms with E-state index in [0.717, 1.165) is 19.5 Å². The average molecular weight is 435 g/mol. The van der Waals surface area contributed by atoms with E-state index in [4.69, 9.17) is 4.74 Å². The Morgan fingerprint density at radius 1 is 1.06 bits per heavy atom. The molecule has 166 valence electrons. The van der Waals surface area contributed by atoms with Crippen LogP contribution in [-0.2, 0) is 13.0 Å². The normalized spacial score (nSPS) is 14.3. The van der Waals surface area contributed by atoms with Gasteiger partial charge in [0.1, 0.15) is 11.6 Å². The molecule has 4 rings (SSSR count). The number of anilines is 1. The highest BCUT2D eigenvalue weighted by molar-refractivity contribution is 5.91. The number of rotatable bonds is 7. The summed E-state index contributed by atoms with van der Waals surface area (Å²) in [5.74, 6) is 0.316. The van der Waals surface area contributed by atoms with Gasteiger partial charge >= 0.3 is 6.03 Å². The van der Waals surface area contributed by atoms with Gasteiger partial charge in [0.25, 0.3) is 0 Å². The Kier molecular flexibility index (Phi) is 6.99. The zero-order chi connectivity index (χ0) is 22.3. The molecule has 0 aromatic heterocycles. The van der Waals surface area contributed by atoms with E-state index in [9.17, 15) is 14.3 Å². The number of amides is 2. The Balaban J connectivity index is 1.27. The molecule has 0 fully saturated rings. The number of hydrogen-bond acceptors (Lipinski definition) is 4. The molecule has 0 radical (unpaired) electrons. The van der Waals surface area contributed by atoms with Gasteiger partial charge in [0.15, 0.2) is 5.75 Å². The first-order valence-electron chi connectivity index (χ1n) is 10.6. The minimum absolute atomic E-state index is 0.122. The topological polar surface area (TPSA) is 73.8 Å². The zero-order valence-corrected chi connectivity index (χ0v) is 17.6. The smallest absolute Gasteiger partial charge is 0.319 e. The number of aliphatic hydroxyl groups is 1. The number of carbonyl (C=O) groups is 1. The summed E-state index contributed by atoms with van der Waals surface area (Å²) in [6, 6.07) is 20.6. The van der Waals surface area contributed by atoms with Crippen molar-refractivity contribution in [2.45, 2.75) is 19.1 Å². The van der Waals surface area contributed by atoms with Gasteiger partial charge in [0.05, 0.1) is 11.8 Å². The number of urea groups is 1. The maximum Gasteiger partial charge on any atom is 0.319 e. The quantitative estimate of drug-likeness (QED) is 0.521. The number of benzene rings is 3. The summed E-state index contributed by atoms with van der Waals surface area (Å²) in [4.78, 5) is 14.6. The van der Waals surface area contributed by atoms with Gasteiger partial charge < -0.3 is 20.5 Å². The molecule has 32 heavy (non-hydrogen) atoms. The molecule has 0 spiro atoms. The van der Waals surface area contributed by atoms with Crippen molar-refractivity contribution in [2.75, 3.05) is 25.0 Å². The fourth-order valence-corrected chi connectivity index (χ4v) is 3.77.